The molecule has 0 aromatic heterocycles. The van der Waals surface area contributed by atoms with Crippen LogP contribution in [0, 0.1) is 0 Å². The topological polar surface area (TPSA) is 61.4 Å². The average molecular weight is 420 g/mol. The summed E-state index contributed by atoms with van der Waals surface area (Å²) in [6, 6.07) is 8.63. The van der Waals surface area contributed by atoms with Crippen molar-refractivity contribution in [3.63, 3.8) is 0 Å². The molecule has 7 nitrogen and oxygen atoms in total. The fraction of sp³-hybridized carbons (Fsp3) is 0.696. The van der Waals surface area contributed by atoms with Crippen LogP contribution in [-0.2, 0) is 11.3 Å². The third-order valence-electron chi connectivity index (χ3n) is 5.52. The van der Waals surface area contributed by atoms with Crippen molar-refractivity contribution in [2.75, 3.05) is 65.6 Å². The molecule has 2 N–H and O–H groups in total. The first-order chi connectivity index (χ1) is 14.7. The average Bonchev–Trinajstić information content (AvgIpc) is 2.79. The third kappa shape index (κ3) is 8.50. The van der Waals surface area contributed by atoms with Crippen LogP contribution in [0.15, 0.2) is 29.3 Å². The van der Waals surface area contributed by atoms with Crippen molar-refractivity contribution in [2.24, 2.45) is 4.99 Å². The molecular formula is C23H41N5O2. The number of nitrogens with zero attached hydrogens (tertiary/aromatic N) is 3. The normalized spacial score (nSPS) is 16.5. The van der Waals surface area contributed by atoms with Crippen LogP contribution in [-0.4, -0.2) is 87.4 Å². The van der Waals surface area contributed by atoms with Gasteiger partial charge in [-0.05, 0) is 33.0 Å². The maximum Gasteiger partial charge on any atom is 0.191 e. The number of hydrogen-bond donors (Lipinski definition) is 2. The Bertz CT molecular complexity index is 615. The summed E-state index contributed by atoms with van der Waals surface area (Å²) in [4.78, 5) is 9.62. The van der Waals surface area contributed by atoms with E-state index in [-0.39, 0.29) is 0 Å². The molecule has 1 aromatic carbocycles. The van der Waals surface area contributed by atoms with E-state index in [0.29, 0.717) is 19.2 Å². The highest BCUT2D eigenvalue weighted by Crippen LogP contribution is 2.19. The van der Waals surface area contributed by atoms with Gasteiger partial charge in [0.05, 0.1) is 19.8 Å². The van der Waals surface area contributed by atoms with Gasteiger partial charge in [-0.15, -0.1) is 0 Å². The molecule has 30 heavy (non-hydrogen) atoms. The van der Waals surface area contributed by atoms with Gasteiger partial charge >= 0.3 is 0 Å². The van der Waals surface area contributed by atoms with Crippen molar-refractivity contribution >= 4 is 5.96 Å². The molecule has 1 aromatic rings. The fourth-order valence-corrected chi connectivity index (χ4v) is 3.50. The predicted octanol–water partition coefficient (Wildman–Crippen LogP) is 2.18. The second kappa shape index (κ2) is 14.2. The number of benzene rings is 1. The van der Waals surface area contributed by atoms with E-state index < -0.39 is 0 Å². The van der Waals surface area contributed by atoms with Crippen LogP contribution in [0.3, 0.4) is 0 Å². The number of aliphatic imine (C=N–C) groups is 1. The lowest BCUT2D eigenvalue weighted by molar-refractivity contribution is 0.0211. The molecule has 170 valence electrons. The molecule has 1 unspecified atom stereocenters. The largest absolute Gasteiger partial charge is 0.492 e. The van der Waals surface area contributed by atoms with Crippen LogP contribution in [0.4, 0.5) is 0 Å². The van der Waals surface area contributed by atoms with E-state index in [1.54, 1.807) is 0 Å². The van der Waals surface area contributed by atoms with Gasteiger partial charge in [-0.25, -0.2) is 4.99 Å². The molecule has 1 aliphatic heterocycles. The SMILES string of the molecule is CCNC(=NCc1ccccc1OCCN(CC)CC)NCC(C)N1CCOCC1. The quantitative estimate of drug-likeness (QED) is 0.400. The lowest BCUT2D eigenvalue weighted by Gasteiger charge is -2.32. The first-order valence-corrected chi connectivity index (χ1v) is 11.4. The van der Waals surface area contributed by atoms with Crippen LogP contribution in [0.2, 0.25) is 0 Å². The van der Waals surface area contributed by atoms with E-state index in [0.717, 1.165) is 76.3 Å². The zero-order chi connectivity index (χ0) is 21.6. The van der Waals surface area contributed by atoms with Gasteiger partial charge in [-0.1, -0.05) is 32.0 Å². The summed E-state index contributed by atoms with van der Waals surface area (Å²) in [5.74, 6) is 1.77. The molecule has 2 rings (SSSR count). The number of rotatable bonds is 12. The fourth-order valence-electron chi connectivity index (χ4n) is 3.50. The van der Waals surface area contributed by atoms with Gasteiger partial charge < -0.3 is 25.0 Å². The monoisotopic (exact) mass is 419 g/mol. The Labute approximate surface area is 182 Å². The van der Waals surface area contributed by atoms with E-state index in [4.69, 9.17) is 14.5 Å². The number of ether oxygens (including phenoxy) is 2. The van der Waals surface area contributed by atoms with Crippen LogP contribution >= 0.6 is 0 Å². The zero-order valence-electron chi connectivity index (χ0n) is 19.3. The number of hydrogen-bond acceptors (Lipinski definition) is 5. The van der Waals surface area contributed by atoms with E-state index in [2.05, 4.69) is 54.2 Å². The Kier molecular flexibility index (Phi) is 11.6. The van der Waals surface area contributed by atoms with E-state index >= 15 is 0 Å². The van der Waals surface area contributed by atoms with E-state index in [1.807, 2.05) is 18.2 Å². The number of para-hydroxylation sites is 1. The summed E-state index contributed by atoms with van der Waals surface area (Å²) in [6.07, 6.45) is 0. The van der Waals surface area contributed by atoms with Crippen molar-refractivity contribution in [2.45, 2.75) is 40.3 Å². The maximum absolute atomic E-state index is 6.07. The highest BCUT2D eigenvalue weighted by atomic mass is 16.5. The van der Waals surface area contributed by atoms with Crippen LogP contribution in [0.1, 0.15) is 33.3 Å². The van der Waals surface area contributed by atoms with Crippen molar-refractivity contribution in [3.8, 4) is 5.75 Å². The first-order valence-electron chi connectivity index (χ1n) is 11.4. The highest BCUT2D eigenvalue weighted by Gasteiger charge is 2.17. The summed E-state index contributed by atoms with van der Waals surface area (Å²) in [7, 11) is 0. The minimum absolute atomic E-state index is 0.438. The summed E-state index contributed by atoms with van der Waals surface area (Å²) in [5.41, 5.74) is 1.11. The Morgan fingerprint density at radius 1 is 1.17 bits per heavy atom. The van der Waals surface area contributed by atoms with Crippen molar-refractivity contribution in [1.82, 2.24) is 20.4 Å². The summed E-state index contributed by atoms with van der Waals surface area (Å²) in [5, 5.41) is 6.84. The molecule has 1 heterocycles. The lowest BCUT2D eigenvalue weighted by Crippen LogP contribution is -2.49. The lowest BCUT2D eigenvalue weighted by atomic mass is 10.2. The minimum Gasteiger partial charge on any atom is -0.492 e. The minimum atomic E-state index is 0.438. The first kappa shape index (κ1) is 24.4. The molecule has 1 atom stereocenters. The molecule has 0 radical (unpaired) electrons. The highest BCUT2D eigenvalue weighted by molar-refractivity contribution is 5.79. The number of nitrogens with one attached hydrogen (secondary N) is 2. The van der Waals surface area contributed by atoms with Crippen molar-refractivity contribution in [1.29, 1.82) is 0 Å². The van der Waals surface area contributed by atoms with Gasteiger partial charge in [-0.2, -0.15) is 0 Å². The van der Waals surface area contributed by atoms with Gasteiger partial charge in [-0.3, -0.25) is 4.90 Å². The van der Waals surface area contributed by atoms with E-state index in [1.165, 1.54) is 0 Å². The summed E-state index contributed by atoms with van der Waals surface area (Å²) >= 11 is 0. The third-order valence-corrected chi connectivity index (χ3v) is 5.52. The standard InChI is InChI=1S/C23H41N5O2/c1-5-24-23(25-18-20(4)28-13-15-29-16-14-28)26-19-21-10-8-9-11-22(21)30-17-12-27(6-2)7-3/h8-11,20H,5-7,12-19H2,1-4H3,(H2,24,25,26). The molecule has 0 amide bonds. The van der Waals surface area contributed by atoms with E-state index in [9.17, 15) is 0 Å². The predicted molar refractivity (Wildman–Crippen MR) is 124 cm³/mol. The molecule has 1 fully saturated rings. The molecule has 1 aliphatic rings. The zero-order valence-corrected chi connectivity index (χ0v) is 19.3. The molecule has 0 bridgehead atoms. The van der Waals surface area contributed by atoms with Crippen LogP contribution in [0.5, 0.6) is 5.75 Å². The summed E-state index contributed by atoms with van der Waals surface area (Å²) < 4.78 is 11.5. The summed E-state index contributed by atoms with van der Waals surface area (Å²) in [6.45, 7) is 18.3. The smallest absolute Gasteiger partial charge is 0.191 e. The van der Waals surface area contributed by atoms with Gasteiger partial charge in [0, 0.05) is 44.3 Å². The van der Waals surface area contributed by atoms with Gasteiger partial charge in [0.15, 0.2) is 5.96 Å². The molecule has 0 spiro atoms. The Morgan fingerprint density at radius 3 is 2.60 bits per heavy atom. The van der Waals surface area contributed by atoms with Crippen LogP contribution in [0.25, 0.3) is 0 Å². The maximum atomic E-state index is 6.07. The van der Waals surface area contributed by atoms with Crippen molar-refractivity contribution in [3.05, 3.63) is 29.8 Å². The van der Waals surface area contributed by atoms with Crippen molar-refractivity contribution < 1.29 is 9.47 Å². The second-order valence-electron chi connectivity index (χ2n) is 7.56. The van der Waals surface area contributed by atoms with Gasteiger partial charge in [0.1, 0.15) is 12.4 Å². The molecule has 0 saturated carbocycles. The molecule has 1 saturated heterocycles. The number of likely N-dealkylation sites (N-methyl/N-ethyl adjacent to an activating group) is 1. The van der Waals surface area contributed by atoms with Gasteiger partial charge in [0.2, 0.25) is 0 Å². The Hall–Kier alpha value is -1.83. The Morgan fingerprint density at radius 2 is 1.90 bits per heavy atom. The van der Waals surface area contributed by atoms with Crippen LogP contribution < -0.4 is 15.4 Å². The van der Waals surface area contributed by atoms with Gasteiger partial charge in [0.25, 0.3) is 0 Å². The molecule has 0 aliphatic carbocycles. The second-order valence-corrected chi connectivity index (χ2v) is 7.56. The molecule has 7 heteroatoms. The molecular weight excluding hydrogens is 378 g/mol. The number of morpholine rings is 1. The Balaban J connectivity index is 1.90. The number of guanidine groups is 1.